The van der Waals surface area contributed by atoms with E-state index in [1.165, 1.54) is 10.1 Å². The predicted molar refractivity (Wildman–Crippen MR) is 95.3 cm³/mol. The molecule has 3 aromatic rings. The van der Waals surface area contributed by atoms with Gasteiger partial charge in [-0.15, -0.1) is 0 Å². The predicted octanol–water partition coefficient (Wildman–Crippen LogP) is 3.10. The molecule has 0 radical (unpaired) electrons. The van der Waals surface area contributed by atoms with E-state index in [4.69, 9.17) is 11.6 Å². The van der Waals surface area contributed by atoms with Gasteiger partial charge in [0, 0.05) is 37.2 Å². The minimum Gasteiger partial charge on any atom is -0.330 e. The Morgan fingerprint density at radius 1 is 1.36 bits per heavy atom. The number of carbonyl (C=O) groups excluding carboxylic acids is 1. The van der Waals surface area contributed by atoms with Gasteiger partial charge in [-0.3, -0.25) is 9.78 Å². The van der Waals surface area contributed by atoms with Crippen LogP contribution in [0.5, 0.6) is 0 Å². The van der Waals surface area contributed by atoms with Crippen molar-refractivity contribution in [3.8, 4) is 0 Å². The molecular formula is C18H16ClN5O. The Hall–Kier alpha value is -2.73. The molecule has 0 bridgehead atoms. The molecular weight excluding hydrogens is 338 g/mol. The summed E-state index contributed by atoms with van der Waals surface area (Å²) in [5.41, 5.74) is 3.30. The molecule has 25 heavy (non-hydrogen) atoms. The summed E-state index contributed by atoms with van der Waals surface area (Å²) >= 11 is 5.92. The minimum absolute atomic E-state index is 0.0778. The number of fused-ring (bicyclic) bond motifs is 1. The lowest BCUT2D eigenvalue weighted by Crippen LogP contribution is -2.41. The average molecular weight is 354 g/mol. The molecule has 126 valence electrons. The number of pyridine rings is 1. The van der Waals surface area contributed by atoms with E-state index in [1.807, 2.05) is 30.2 Å². The quantitative estimate of drug-likeness (QED) is 0.710. The number of hydrogen-bond acceptors (Lipinski definition) is 4. The lowest BCUT2D eigenvalue weighted by atomic mass is 9.96. The highest BCUT2D eigenvalue weighted by Crippen LogP contribution is 2.26. The topological polar surface area (TPSA) is 63.4 Å². The van der Waals surface area contributed by atoms with Crippen LogP contribution in [0.1, 0.15) is 29.4 Å². The molecule has 1 aliphatic rings. The second kappa shape index (κ2) is 6.29. The van der Waals surface area contributed by atoms with Gasteiger partial charge in [0.05, 0.1) is 11.2 Å². The first-order valence-electron chi connectivity index (χ1n) is 8.03. The molecule has 4 heterocycles. The number of nitrogens with zero attached hydrogens (tertiary/aromatic N) is 5. The van der Waals surface area contributed by atoms with Crippen LogP contribution in [-0.4, -0.2) is 43.0 Å². The first kappa shape index (κ1) is 15.8. The van der Waals surface area contributed by atoms with Gasteiger partial charge >= 0.3 is 0 Å². The van der Waals surface area contributed by atoms with Gasteiger partial charge in [0.2, 0.25) is 0 Å². The van der Waals surface area contributed by atoms with Crippen molar-refractivity contribution in [3.63, 3.8) is 0 Å². The molecule has 4 rings (SSSR count). The summed E-state index contributed by atoms with van der Waals surface area (Å²) in [5.74, 6) is -0.101. The van der Waals surface area contributed by atoms with Gasteiger partial charge in [-0.2, -0.15) is 5.10 Å². The first-order chi connectivity index (χ1) is 12.1. The summed E-state index contributed by atoms with van der Waals surface area (Å²) in [6.07, 6.45) is 9.66. The van der Waals surface area contributed by atoms with Crippen molar-refractivity contribution >= 4 is 28.7 Å². The molecule has 1 atom stereocenters. The smallest absolute Gasteiger partial charge is 0.274 e. The van der Waals surface area contributed by atoms with Crippen molar-refractivity contribution in [2.75, 3.05) is 6.54 Å². The monoisotopic (exact) mass is 353 g/mol. The molecule has 0 fully saturated rings. The van der Waals surface area contributed by atoms with Crippen LogP contribution in [-0.2, 0) is 0 Å². The van der Waals surface area contributed by atoms with Gasteiger partial charge in [-0.05, 0) is 30.5 Å². The molecule has 7 heteroatoms. The molecule has 0 aliphatic carbocycles. The van der Waals surface area contributed by atoms with Crippen molar-refractivity contribution < 1.29 is 4.79 Å². The maximum atomic E-state index is 12.9. The minimum atomic E-state index is -0.101. The molecule has 0 saturated heterocycles. The second-order valence-electron chi connectivity index (χ2n) is 6.09. The molecule has 0 spiro atoms. The van der Waals surface area contributed by atoms with E-state index in [9.17, 15) is 4.79 Å². The van der Waals surface area contributed by atoms with Crippen LogP contribution in [0.2, 0.25) is 5.02 Å². The summed E-state index contributed by atoms with van der Waals surface area (Å²) in [6, 6.07) is 5.73. The number of carbonyl (C=O) groups is 1. The average Bonchev–Trinajstić information content (AvgIpc) is 3.05. The Kier molecular flexibility index (Phi) is 3.97. The number of amides is 1. The highest BCUT2D eigenvalue weighted by atomic mass is 35.5. The zero-order valence-electron chi connectivity index (χ0n) is 13.6. The van der Waals surface area contributed by atoms with Crippen molar-refractivity contribution in [2.45, 2.75) is 19.4 Å². The number of hydrogen-bond donors (Lipinski definition) is 0. The molecule has 0 N–H and O–H groups in total. The SMILES string of the molecule is CC1CC(c2cccnc2)=CCN1C(=O)c1cc2ncc(Cl)cn2n1. The number of rotatable bonds is 2. The van der Waals surface area contributed by atoms with Gasteiger partial charge in [0.15, 0.2) is 11.3 Å². The third-order valence-corrected chi connectivity index (χ3v) is 4.57. The maximum absolute atomic E-state index is 12.9. The fraction of sp³-hybridized carbons (Fsp3) is 0.222. The van der Waals surface area contributed by atoms with Crippen LogP contribution in [0.25, 0.3) is 11.2 Å². The van der Waals surface area contributed by atoms with Crippen molar-refractivity contribution in [2.24, 2.45) is 0 Å². The van der Waals surface area contributed by atoms with Gasteiger partial charge < -0.3 is 4.90 Å². The van der Waals surface area contributed by atoms with Crippen LogP contribution in [0, 0.1) is 0 Å². The lowest BCUT2D eigenvalue weighted by Gasteiger charge is -2.32. The molecule has 6 nitrogen and oxygen atoms in total. The van der Waals surface area contributed by atoms with Gasteiger partial charge in [-0.25, -0.2) is 9.50 Å². The summed E-state index contributed by atoms with van der Waals surface area (Å²) in [4.78, 5) is 23.0. The van der Waals surface area contributed by atoms with E-state index < -0.39 is 0 Å². The summed E-state index contributed by atoms with van der Waals surface area (Å²) < 4.78 is 1.53. The van der Waals surface area contributed by atoms with Gasteiger partial charge in [0.1, 0.15) is 0 Å². The molecule has 0 aromatic carbocycles. The third kappa shape index (κ3) is 3.00. The van der Waals surface area contributed by atoms with E-state index in [1.54, 1.807) is 24.7 Å². The van der Waals surface area contributed by atoms with E-state index >= 15 is 0 Å². The summed E-state index contributed by atoms with van der Waals surface area (Å²) in [6.45, 7) is 2.60. The fourth-order valence-corrected chi connectivity index (χ4v) is 3.22. The summed E-state index contributed by atoms with van der Waals surface area (Å²) in [5, 5.41) is 4.78. The van der Waals surface area contributed by atoms with Gasteiger partial charge in [-0.1, -0.05) is 23.7 Å². The second-order valence-corrected chi connectivity index (χ2v) is 6.52. The van der Waals surface area contributed by atoms with E-state index in [0.29, 0.717) is 22.9 Å². The summed E-state index contributed by atoms with van der Waals surface area (Å²) in [7, 11) is 0. The highest BCUT2D eigenvalue weighted by molar-refractivity contribution is 6.30. The zero-order valence-corrected chi connectivity index (χ0v) is 14.4. The van der Waals surface area contributed by atoms with E-state index in [2.05, 4.69) is 21.1 Å². The Labute approximate surface area is 149 Å². The zero-order chi connectivity index (χ0) is 17.4. The molecule has 1 unspecified atom stereocenters. The Balaban J connectivity index is 1.59. The van der Waals surface area contributed by atoms with Crippen molar-refractivity contribution in [1.29, 1.82) is 0 Å². The van der Waals surface area contributed by atoms with Crippen LogP contribution in [0.4, 0.5) is 0 Å². The highest BCUT2D eigenvalue weighted by Gasteiger charge is 2.27. The molecule has 1 aliphatic heterocycles. The Morgan fingerprint density at radius 3 is 3.00 bits per heavy atom. The van der Waals surface area contributed by atoms with Crippen LogP contribution < -0.4 is 0 Å². The van der Waals surface area contributed by atoms with Crippen LogP contribution in [0.3, 0.4) is 0 Å². The molecule has 1 amide bonds. The lowest BCUT2D eigenvalue weighted by molar-refractivity contribution is 0.0705. The molecule has 3 aromatic heterocycles. The maximum Gasteiger partial charge on any atom is 0.274 e. The standard InChI is InChI=1S/C18H16ClN5O/c1-12-7-13(14-3-2-5-20-9-14)4-6-23(12)18(25)16-8-17-21-10-15(19)11-24(17)22-16/h2-5,8-12H,6-7H2,1H3. The number of halogens is 1. The Morgan fingerprint density at radius 2 is 2.24 bits per heavy atom. The van der Waals surface area contributed by atoms with Crippen molar-refractivity contribution in [1.82, 2.24) is 24.5 Å². The molecule has 0 saturated carbocycles. The Bertz CT molecular complexity index is 966. The van der Waals surface area contributed by atoms with E-state index in [0.717, 1.165) is 12.0 Å². The number of aromatic nitrogens is 4. The van der Waals surface area contributed by atoms with Gasteiger partial charge in [0.25, 0.3) is 5.91 Å². The largest absolute Gasteiger partial charge is 0.330 e. The fourth-order valence-electron chi connectivity index (χ4n) is 3.08. The third-order valence-electron chi connectivity index (χ3n) is 4.38. The first-order valence-corrected chi connectivity index (χ1v) is 8.41. The van der Waals surface area contributed by atoms with E-state index in [-0.39, 0.29) is 11.9 Å². The van der Waals surface area contributed by atoms with Crippen LogP contribution in [0.15, 0.2) is 49.1 Å². The normalized spacial score (nSPS) is 17.6. The van der Waals surface area contributed by atoms with Crippen molar-refractivity contribution in [3.05, 3.63) is 65.3 Å². The van der Waals surface area contributed by atoms with Crippen LogP contribution >= 0.6 is 11.6 Å².